The zero-order valence-corrected chi connectivity index (χ0v) is 12.3. The number of nitrogens with two attached hydrogens (primary N) is 1. The van der Waals surface area contributed by atoms with Gasteiger partial charge >= 0.3 is 0 Å². The van der Waals surface area contributed by atoms with Gasteiger partial charge in [-0.3, -0.25) is 4.90 Å². The van der Waals surface area contributed by atoms with Gasteiger partial charge in [0.15, 0.2) is 0 Å². The average molecular weight is 301 g/mol. The van der Waals surface area contributed by atoms with E-state index in [9.17, 15) is 8.42 Å². The van der Waals surface area contributed by atoms with E-state index in [1.807, 2.05) is 11.8 Å². The monoisotopic (exact) mass is 301 g/mol. The molecule has 1 aliphatic heterocycles. The van der Waals surface area contributed by atoms with E-state index in [0.29, 0.717) is 5.69 Å². The minimum atomic E-state index is -3.67. The molecule has 1 heterocycles. The van der Waals surface area contributed by atoms with Crippen LogP contribution in [0.15, 0.2) is 29.2 Å². The van der Waals surface area contributed by atoms with E-state index in [1.165, 1.54) is 17.6 Å². The maximum atomic E-state index is 11.4. The van der Waals surface area contributed by atoms with Crippen LogP contribution in [0.3, 0.4) is 0 Å². The Labute approximate surface area is 118 Å². The van der Waals surface area contributed by atoms with Gasteiger partial charge in [0.2, 0.25) is 10.0 Å². The molecule has 0 aromatic heterocycles. The molecule has 106 valence electrons. The molecule has 1 aromatic carbocycles. The summed E-state index contributed by atoms with van der Waals surface area (Å²) in [5, 5.41) is 8.35. The first-order valence-electron chi connectivity index (χ1n) is 6.23. The number of nitrogens with one attached hydrogen (secondary N) is 1. The van der Waals surface area contributed by atoms with Crippen LogP contribution in [0.5, 0.6) is 0 Å². The van der Waals surface area contributed by atoms with Crippen molar-refractivity contribution in [3.8, 4) is 0 Å². The molecule has 1 fully saturated rings. The molecule has 1 saturated heterocycles. The Balaban J connectivity index is 1.92. The van der Waals surface area contributed by atoms with Gasteiger partial charge in [0.25, 0.3) is 0 Å². The number of hydrogen-bond donors (Lipinski definition) is 2. The zero-order chi connectivity index (χ0) is 13.7. The van der Waals surface area contributed by atoms with Gasteiger partial charge in [-0.15, -0.1) is 0 Å². The van der Waals surface area contributed by atoms with Crippen LogP contribution in [0.2, 0.25) is 0 Å². The topological polar surface area (TPSA) is 75.4 Å². The molecule has 0 atom stereocenters. The highest BCUT2D eigenvalue weighted by Crippen LogP contribution is 2.19. The van der Waals surface area contributed by atoms with Crippen molar-refractivity contribution in [3.63, 3.8) is 0 Å². The summed E-state index contributed by atoms with van der Waals surface area (Å²) in [6, 6.07) is 6.74. The molecular weight excluding hydrogens is 282 g/mol. The molecule has 5 nitrogen and oxygen atoms in total. The number of anilines is 1. The van der Waals surface area contributed by atoms with E-state index < -0.39 is 10.0 Å². The quantitative estimate of drug-likeness (QED) is 0.841. The van der Waals surface area contributed by atoms with Crippen LogP contribution >= 0.6 is 11.8 Å². The molecule has 0 bridgehead atoms. The molecule has 0 amide bonds. The van der Waals surface area contributed by atoms with Gasteiger partial charge in [0.1, 0.15) is 4.90 Å². The molecule has 0 radical (unpaired) electrons. The average Bonchev–Trinajstić information content (AvgIpc) is 2.39. The lowest BCUT2D eigenvalue weighted by molar-refractivity contribution is 0.314. The van der Waals surface area contributed by atoms with E-state index >= 15 is 0 Å². The fraction of sp³-hybridized carbons (Fsp3) is 0.500. The van der Waals surface area contributed by atoms with E-state index in [4.69, 9.17) is 5.14 Å². The van der Waals surface area contributed by atoms with Crippen molar-refractivity contribution >= 4 is 27.5 Å². The molecule has 1 aliphatic rings. The van der Waals surface area contributed by atoms with Gasteiger partial charge in [0.05, 0.1) is 5.69 Å². The van der Waals surface area contributed by atoms with Crippen molar-refractivity contribution in [2.75, 3.05) is 43.0 Å². The van der Waals surface area contributed by atoms with Crippen molar-refractivity contribution in [3.05, 3.63) is 24.3 Å². The molecule has 0 saturated carbocycles. The smallest absolute Gasteiger partial charge is 0.240 e. The number of nitrogens with zero attached hydrogens (tertiary/aromatic N) is 1. The predicted molar refractivity (Wildman–Crippen MR) is 80.1 cm³/mol. The summed E-state index contributed by atoms with van der Waals surface area (Å²) in [5.74, 6) is 2.35. The fourth-order valence-electron chi connectivity index (χ4n) is 2.03. The lowest BCUT2D eigenvalue weighted by Gasteiger charge is -2.26. The Morgan fingerprint density at radius 1 is 1.26 bits per heavy atom. The van der Waals surface area contributed by atoms with Crippen molar-refractivity contribution < 1.29 is 8.42 Å². The van der Waals surface area contributed by atoms with Crippen LogP contribution in [-0.2, 0) is 10.0 Å². The second-order valence-corrected chi connectivity index (χ2v) is 7.18. The molecule has 3 N–H and O–H groups in total. The van der Waals surface area contributed by atoms with E-state index in [-0.39, 0.29) is 4.90 Å². The highest BCUT2D eigenvalue weighted by Gasteiger charge is 2.13. The summed E-state index contributed by atoms with van der Waals surface area (Å²) in [4.78, 5) is 2.53. The number of para-hydroxylation sites is 1. The minimum absolute atomic E-state index is 0.157. The zero-order valence-electron chi connectivity index (χ0n) is 10.7. The van der Waals surface area contributed by atoms with Gasteiger partial charge in [0, 0.05) is 37.7 Å². The normalized spacial score (nSPS) is 17.3. The largest absolute Gasteiger partial charge is 0.383 e. The molecule has 2 rings (SSSR count). The van der Waals surface area contributed by atoms with Crippen LogP contribution in [0.25, 0.3) is 0 Å². The third kappa shape index (κ3) is 4.38. The summed E-state index contributed by atoms with van der Waals surface area (Å²) in [6.07, 6.45) is 0. The molecule has 0 spiro atoms. The molecular formula is C12H19N3O2S2. The Kier molecular flexibility index (Phi) is 5.09. The Morgan fingerprint density at radius 3 is 2.63 bits per heavy atom. The number of thioether (sulfide) groups is 1. The maximum absolute atomic E-state index is 11.4. The molecule has 0 aliphatic carbocycles. The van der Waals surface area contributed by atoms with Crippen LogP contribution in [-0.4, -0.2) is 51.0 Å². The number of benzene rings is 1. The van der Waals surface area contributed by atoms with Crippen LogP contribution < -0.4 is 10.5 Å². The first-order valence-corrected chi connectivity index (χ1v) is 8.93. The predicted octanol–water partition coefficient (Wildman–Crippen LogP) is 0.795. The van der Waals surface area contributed by atoms with Gasteiger partial charge in [-0.1, -0.05) is 12.1 Å². The third-order valence-electron chi connectivity index (χ3n) is 3.04. The van der Waals surface area contributed by atoms with E-state index in [2.05, 4.69) is 10.2 Å². The molecule has 0 unspecified atom stereocenters. The van der Waals surface area contributed by atoms with Crippen LogP contribution in [0.1, 0.15) is 0 Å². The number of hydrogen-bond acceptors (Lipinski definition) is 5. The summed E-state index contributed by atoms with van der Waals surface area (Å²) in [7, 11) is -3.67. The first-order chi connectivity index (χ1) is 9.07. The van der Waals surface area contributed by atoms with Crippen molar-refractivity contribution in [1.29, 1.82) is 0 Å². The van der Waals surface area contributed by atoms with Gasteiger partial charge in [-0.25, -0.2) is 13.6 Å². The summed E-state index contributed by atoms with van der Waals surface area (Å²) >= 11 is 1.98. The van der Waals surface area contributed by atoms with Gasteiger partial charge < -0.3 is 5.32 Å². The molecule has 7 heteroatoms. The highest BCUT2D eigenvalue weighted by molar-refractivity contribution is 7.99. The second kappa shape index (κ2) is 6.60. The van der Waals surface area contributed by atoms with Crippen LogP contribution in [0.4, 0.5) is 5.69 Å². The number of primary sulfonamides is 1. The summed E-state index contributed by atoms with van der Waals surface area (Å²) in [5.41, 5.74) is 0.580. The van der Waals surface area contributed by atoms with E-state index in [0.717, 1.165) is 26.2 Å². The Bertz CT molecular complexity index is 513. The second-order valence-electron chi connectivity index (χ2n) is 4.42. The van der Waals surface area contributed by atoms with E-state index in [1.54, 1.807) is 18.2 Å². The van der Waals surface area contributed by atoms with Gasteiger partial charge in [-0.2, -0.15) is 11.8 Å². The highest BCUT2D eigenvalue weighted by atomic mass is 32.2. The first kappa shape index (κ1) is 14.6. The summed E-state index contributed by atoms with van der Waals surface area (Å²) in [6.45, 7) is 3.84. The lowest BCUT2D eigenvalue weighted by Crippen LogP contribution is -2.36. The number of rotatable bonds is 5. The van der Waals surface area contributed by atoms with Crippen LogP contribution in [0, 0.1) is 0 Å². The molecule has 1 aromatic rings. The Hall–Kier alpha value is -0.760. The molecule has 19 heavy (non-hydrogen) atoms. The third-order valence-corrected chi connectivity index (χ3v) is 4.95. The fourth-order valence-corrected chi connectivity index (χ4v) is 3.73. The lowest BCUT2D eigenvalue weighted by atomic mass is 10.3. The Morgan fingerprint density at radius 2 is 1.95 bits per heavy atom. The number of sulfonamides is 1. The standard InChI is InChI=1S/C12H19N3O2S2/c13-19(16,17)12-4-2-1-3-11(12)14-5-6-15-7-9-18-10-8-15/h1-4,14H,5-10H2,(H2,13,16,17). The van der Waals surface area contributed by atoms with Crippen molar-refractivity contribution in [2.45, 2.75) is 4.90 Å². The minimum Gasteiger partial charge on any atom is -0.383 e. The van der Waals surface area contributed by atoms with Crippen molar-refractivity contribution in [2.24, 2.45) is 5.14 Å². The van der Waals surface area contributed by atoms with Crippen molar-refractivity contribution in [1.82, 2.24) is 4.90 Å². The van der Waals surface area contributed by atoms with Gasteiger partial charge in [-0.05, 0) is 12.1 Å². The maximum Gasteiger partial charge on any atom is 0.240 e. The summed E-state index contributed by atoms with van der Waals surface area (Å²) < 4.78 is 22.9. The SMILES string of the molecule is NS(=O)(=O)c1ccccc1NCCN1CCSCC1.